The molecule has 3 fully saturated rings. The van der Waals surface area contributed by atoms with Crippen LogP contribution in [-0.4, -0.2) is 97.3 Å². The summed E-state index contributed by atoms with van der Waals surface area (Å²) in [6, 6.07) is 5.63. The van der Waals surface area contributed by atoms with Crippen LogP contribution in [0.5, 0.6) is 5.75 Å². The SMILES string of the molecule is C=C(/N=C1\C(=C/C)N(C)C(=O)[C@@](C)(CC)CN1C1CCCC1)Nc1ccc(C(=O)NN2CCN(C)CC2)cc1OC. The molecule has 1 saturated carbocycles. The highest BCUT2D eigenvalue weighted by molar-refractivity contribution is 6.04. The molecular weight excluding hydrogens is 518 g/mol. The van der Waals surface area contributed by atoms with E-state index in [1.165, 1.54) is 12.8 Å². The molecule has 10 heteroatoms. The topological polar surface area (TPSA) is 92.8 Å². The molecule has 0 radical (unpaired) electrons. The number of hydrogen-bond donors (Lipinski definition) is 2. The van der Waals surface area contributed by atoms with E-state index in [1.54, 1.807) is 24.1 Å². The van der Waals surface area contributed by atoms with Crippen molar-refractivity contribution in [1.29, 1.82) is 0 Å². The Morgan fingerprint density at radius 2 is 1.88 bits per heavy atom. The number of carbonyl (C=O) groups is 2. The van der Waals surface area contributed by atoms with Crippen molar-refractivity contribution in [1.82, 2.24) is 25.1 Å². The van der Waals surface area contributed by atoms with E-state index >= 15 is 0 Å². The van der Waals surface area contributed by atoms with Crippen LogP contribution in [0, 0.1) is 5.41 Å². The molecule has 2 heterocycles. The zero-order valence-corrected chi connectivity index (χ0v) is 25.6. The standard InChI is InChI=1S/C31H47N7O3/c1-8-26-28(38(24-12-10-11-13-24)21-31(4,9-2)30(40)36(26)6)33-22(3)32-25-15-14-23(20-27(25)41-7)29(39)34-37-18-16-35(5)17-19-37/h8,14-15,20,24,32H,3,9-13,16-19,21H2,1-2,4-7H3,(H,34,39)/b26-8+,33-28+/t31-/m0/s1. The molecule has 1 aliphatic carbocycles. The first kappa shape index (κ1) is 30.6. The lowest BCUT2D eigenvalue weighted by molar-refractivity contribution is -0.137. The first-order valence-electron chi connectivity index (χ1n) is 14.8. The number of piperazine rings is 1. The van der Waals surface area contributed by atoms with Crippen LogP contribution in [-0.2, 0) is 4.79 Å². The second-order valence-electron chi connectivity index (χ2n) is 11.7. The Morgan fingerprint density at radius 3 is 2.49 bits per heavy atom. The highest BCUT2D eigenvalue weighted by Crippen LogP contribution is 2.36. The number of hydrazine groups is 1. The van der Waals surface area contributed by atoms with Gasteiger partial charge in [-0.1, -0.05) is 32.4 Å². The van der Waals surface area contributed by atoms with E-state index in [1.807, 2.05) is 31.1 Å². The first-order valence-corrected chi connectivity index (χ1v) is 14.8. The number of allylic oxidation sites excluding steroid dienone is 1. The third-order valence-electron chi connectivity index (χ3n) is 8.77. The van der Waals surface area contributed by atoms with Gasteiger partial charge in [0.05, 0.1) is 23.9 Å². The maximum atomic E-state index is 13.6. The molecular formula is C31H47N7O3. The van der Waals surface area contributed by atoms with Crippen molar-refractivity contribution < 1.29 is 14.3 Å². The van der Waals surface area contributed by atoms with Gasteiger partial charge >= 0.3 is 0 Å². The van der Waals surface area contributed by atoms with E-state index in [0.29, 0.717) is 35.4 Å². The molecule has 0 spiro atoms. The average molecular weight is 566 g/mol. The zero-order chi connectivity index (χ0) is 29.7. The molecule has 1 aromatic rings. The summed E-state index contributed by atoms with van der Waals surface area (Å²) in [7, 11) is 5.49. The monoisotopic (exact) mass is 565 g/mol. The summed E-state index contributed by atoms with van der Waals surface area (Å²) in [5, 5.41) is 5.24. The van der Waals surface area contributed by atoms with Gasteiger partial charge in [0.25, 0.3) is 5.91 Å². The summed E-state index contributed by atoms with van der Waals surface area (Å²) in [5.74, 6) is 1.63. The number of nitrogens with one attached hydrogen (secondary N) is 2. The van der Waals surface area contributed by atoms with Gasteiger partial charge in [-0.15, -0.1) is 0 Å². The van der Waals surface area contributed by atoms with Crippen LogP contribution in [0.1, 0.15) is 63.2 Å². The van der Waals surface area contributed by atoms with Gasteiger partial charge in [0, 0.05) is 51.4 Å². The van der Waals surface area contributed by atoms with Crippen molar-refractivity contribution >= 4 is 23.3 Å². The molecule has 0 aromatic heterocycles. The minimum Gasteiger partial charge on any atom is -0.495 e. The van der Waals surface area contributed by atoms with Crippen LogP contribution in [0.25, 0.3) is 0 Å². The number of aliphatic imine (C=N–C) groups is 1. The van der Waals surface area contributed by atoms with Gasteiger partial charge in [-0.3, -0.25) is 15.0 Å². The molecule has 3 aliphatic rings. The van der Waals surface area contributed by atoms with Crippen LogP contribution in [0.4, 0.5) is 5.69 Å². The zero-order valence-electron chi connectivity index (χ0n) is 25.6. The van der Waals surface area contributed by atoms with E-state index < -0.39 is 5.41 Å². The van der Waals surface area contributed by atoms with Gasteiger partial charge in [0.1, 0.15) is 11.6 Å². The van der Waals surface area contributed by atoms with Crippen LogP contribution in [0.15, 0.2) is 47.4 Å². The number of methoxy groups -OCH3 is 1. The number of likely N-dealkylation sites (N-methyl/N-ethyl adjacent to an activating group) is 2. The van der Waals surface area contributed by atoms with Crippen molar-refractivity contribution in [3.8, 4) is 5.75 Å². The van der Waals surface area contributed by atoms with Crippen LogP contribution >= 0.6 is 0 Å². The lowest BCUT2D eigenvalue weighted by Crippen LogP contribution is -2.52. The number of amides is 2. The van der Waals surface area contributed by atoms with Gasteiger partial charge in [-0.05, 0) is 58.4 Å². The summed E-state index contributed by atoms with van der Waals surface area (Å²) >= 11 is 0. The van der Waals surface area contributed by atoms with E-state index in [2.05, 4.69) is 48.0 Å². The third kappa shape index (κ3) is 6.76. The lowest BCUT2D eigenvalue weighted by Gasteiger charge is -2.35. The smallest absolute Gasteiger partial charge is 0.265 e. The quantitative estimate of drug-likeness (QED) is 0.494. The molecule has 0 bridgehead atoms. The lowest BCUT2D eigenvalue weighted by atomic mass is 9.85. The fourth-order valence-corrected chi connectivity index (χ4v) is 5.93. The number of carbonyl (C=O) groups excluding carboxylic acids is 2. The van der Waals surface area contributed by atoms with Crippen molar-refractivity contribution in [3.05, 3.63) is 47.9 Å². The highest BCUT2D eigenvalue weighted by Gasteiger charge is 2.44. The van der Waals surface area contributed by atoms with Gasteiger partial charge < -0.3 is 24.8 Å². The van der Waals surface area contributed by atoms with Crippen LogP contribution in [0.2, 0.25) is 0 Å². The Morgan fingerprint density at radius 1 is 1.20 bits per heavy atom. The fraction of sp³-hybridized carbons (Fsp3) is 0.581. The van der Waals surface area contributed by atoms with E-state index in [4.69, 9.17) is 9.73 Å². The summed E-state index contributed by atoms with van der Waals surface area (Å²) in [6.45, 7) is 14.3. The summed E-state index contributed by atoms with van der Waals surface area (Å²) in [5.41, 5.74) is 4.43. The van der Waals surface area contributed by atoms with Gasteiger partial charge in [0.2, 0.25) is 5.91 Å². The summed E-state index contributed by atoms with van der Waals surface area (Å²) in [4.78, 5) is 37.8. The molecule has 2 N–H and O–H groups in total. The van der Waals surface area contributed by atoms with Crippen LogP contribution in [0.3, 0.4) is 0 Å². The number of nitrogens with zero attached hydrogens (tertiary/aromatic N) is 5. The van der Waals surface area contributed by atoms with Crippen molar-refractivity contribution in [2.24, 2.45) is 10.4 Å². The molecule has 41 heavy (non-hydrogen) atoms. The predicted octanol–water partition coefficient (Wildman–Crippen LogP) is 3.91. The van der Waals surface area contributed by atoms with Crippen molar-refractivity contribution in [3.63, 3.8) is 0 Å². The third-order valence-corrected chi connectivity index (χ3v) is 8.77. The number of ether oxygens (including phenoxy) is 1. The second-order valence-corrected chi connectivity index (χ2v) is 11.7. The largest absolute Gasteiger partial charge is 0.495 e. The van der Waals surface area contributed by atoms with Gasteiger partial charge in [0.15, 0.2) is 5.84 Å². The summed E-state index contributed by atoms with van der Waals surface area (Å²) in [6.07, 6.45) is 7.23. The molecule has 0 unspecified atom stereocenters. The summed E-state index contributed by atoms with van der Waals surface area (Å²) < 4.78 is 5.64. The number of amidine groups is 1. The van der Waals surface area contributed by atoms with Gasteiger partial charge in [-0.25, -0.2) is 10.0 Å². The number of benzene rings is 1. The Kier molecular flexibility index (Phi) is 9.76. The number of rotatable bonds is 8. The van der Waals surface area contributed by atoms with Crippen molar-refractivity contribution in [2.45, 2.75) is 58.9 Å². The van der Waals surface area contributed by atoms with Gasteiger partial charge in [-0.2, -0.15) is 0 Å². The molecule has 10 nitrogen and oxygen atoms in total. The molecule has 2 saturated heterocycles. The maximum absolute atomic E-state index is 13.6. The Labute approximate surface area is 245 Å². The maximum Gasteiger partial charge on any atom is 0.265 e. The normalized spacial score (nSPS) is 25.1. The fourth-order valence-electron chi connectivity index (χ4n) is 5.93. The molecule has 4 rings (SSSR count). The minimum atomic E-state index is -0.513. The molecule has 1 atom stereocenters. The number of anilines is 1. The Balaban J connectivity index is 1.58. The highest BCUT2D eigenvalue weighted by atomic mass is 16.5. The average Bonchev–Trinajstić information content (AvgIpc) is 3.49. The second kappa shape index (κ2) is 13.1. The first-order chi connectivity index (χ1) is 19.6. The molecule has 1 aromatic carbocycles. The Bertz CT molecular complexity index is 1200. The molecule has 2 amide bonds. The predicted molar refractivity (Wildman–Crippen MR) is 164 cm³/mol. The van der Waals surface area contributed by atoms with E-state index in [0.717, 1.165) is 57.0 Å². The molecule has 224 valence electrons. The van der Waals surface area contributed by atoms with E-state index in [-0.39, 0.29) is 11.8 Å². The Hall–Kier alpha value is -3.37. The van der Waals surface area contributed by atoms with E-state index in [9.17, 15) is 9.59 Å². The van der Waals surface area contributed by atoms with Crippen LogP contribution < -0.4 is 15.5 Å². The molecule has 2 aliphatic heterocycles. The van der Waals surface area contributed by atoms with Crippen molar-refractivity contribution in [2.75, 3.05) is 59.2 Å². The minimum absolute atomic E-state index is 0.104. The number of hydrogen-bond acceptors (Lipinski definition) is 7.